The predicted octanol–water partition coefficient (Wildman–Crippen LogP) is 3.14. The highest BCUT2D eigenvalue weighted by Gasteiger charge is 2.35. The molecule has 1 aliphatic carbocycles. The van der Waals surface area contributed by atoms with Crippen LogP contribution in [-0.4, -0.2) is 20.0 Å². The largest absolute Gasteiger partial charge is 0.457 e. The van der Waals surface area contributed by atoms with Gasteiger partial charge < -0.3 is 14.4 Å². The first-order valence-corrected chi connectivity index (χ1v) is 8.59. The molecule has 1 aliphatic rings. The van der Waals surface area contributed by atoms with Gasteiger partial charge in [-0.15, -0.1) is 0 Å². The molecule has 3 atom stereocenters. The molecule has 8 heteroatoms. The number of aliphatic hydroxyl groups is 1. The third-order valence-corrected chi connectivity index (χ3v) is 4.51. The van der Waals surface area contributed by atoms with Crippen molar-refractivity contribution in [3.8, 4) is 17.6 Å². The first-order chi connectivity index (χ1) is 11.9. The lowest BCUT2D eigenvalue weighted by molar-refractivity contribution is 0.0921. The van der Waals surface area contributed by atoms with Crippen LogP contribution in [-0.2, 0) is 23.3 Å². The van der Waals surface area contributed by atoms with Crippen molar-refractivity contribution >= 4 is 11.1 Å². The lowest BCUT2D eigenvalue weighted by Gasteiger charge is -2.15. The summed E-state index contributed by atoms with van der Waals surface area (Å²) >= 11 is -2.15. The average Bonchev–Trinajstić information content (AvgIpc) is 2.85. The van der Waals surface area contributed by atoms with Crippen LogP contribution in [0.15, 0.2) is 30.3 Å². The van der Waals surface area contributed by atoms with E-state index < -0.39 is 29.2 Å². The number of nitriles is 1. The molecule has 0 spiro atoms. The van der Waals surface area contributed by atoms with Crippen LogP contribution in [0.25, 0.3) is 0 Å². The molecule has 0 aromatic heterocycles. The summed E-state index contributed by atoms with van der Waals surface area (Å²) in [6, 6.07) is 8.23. The van der Waals surface area contributed by atoms with E-state index in [-0.39, 0.29) is 34.8 Å². The molecule has 3 rings (SSSR count). The van der Waals surface area contributed by atoms with E-state index in [0.717, 1.165) is 12.1 Å². The molecule has 130 valence electrons. The Hall–Kier alpha value is -2.34. The quantitative estimate of drug-likeness (QED) is 0.813. The molecule has 0 radical (unpaired) electrons. The minimum absolute atomic E-state index is 0.0639. The Kier molecular flexibility index (Phi) is 4.81. The van der Waals surface area contributed by atoms with E-state index >= 15 is 0 Å². The minimum Gasteiger partial charge on any atom is -0.457 e. The van der Waals surface area contributed by atoms with E-state index in [4.69, 9.17) is 14.6 Å². The van der Waals surface area contributed by atoms with E-state index in [1.54, 1.807) is 0 Å². The minimum atomic E-state index is -2.15. The molecule has 2 aromatic rings. The van der Waals surface area contributed by atoms with Crippen LogP contribution in [0.4, 0.5) is 8.78 Å². The van der Waals surface area contributed by atoms with Crippen LogP contribution in [0.2, 0.25) is 0 Å². The van der Waals surface area contributed by atoms with Crippen molar-refractivity contribution in [3.63, 3.8) is 0 Å². The smallest absolute Gasteiger partial charge is 0.157 e. The predicted molar refractivity (Wildman–Crippen MR) is 85.7 cm³/mol. The van der Waals surface area contributed by atoms with Crippen molar-refractivity contribution in [2.75, 3.05) is 0 Å². The Morgan fingerprint density at radius 1 is 1.36 bits per heavy atom. The van der Waals surface area contributed by atoms with E-state index in [0.29, 0.717) is 11.1 Å². The number of nitrogens with zero attached hydrogens (tertiary/aromatic N) is 1. The molecule has 5 nitrogen and oxygen atoms in total. The topological polar surface area (TPSA) is 90.5 Å². The van der Waals surface area contributed by atoms with Gasteiger partial charge >= 0.3 is 0 Å². The first kappa shape index (κ1) is 17.5. The standard InChI is InChI=1S/C17H13F2NO4S/c18-11-3-9(7-20)4-12(5-11)24-15-2-1-10(8-25(22)23)16-13(15)6-14(19)17(16)21/h1-5,14,17,21H,6,8H2,(H,22,23)/t14-,17-/m1/s1. The lowest BCUT2D eigenvalue weighted by atomic mass is 10.0. The molecular weight excluding hydrogens is 352 g/mol. The monoisotopic (exact) mass is 365 g/mol. The summed E-state index contributed by atoms with van der Waals surface area (Å²) in [6.45, 7) is 0. The summed E-state index contributed by atoms with van der Waals surface area (Å²) < 4.78 is 53.3. The lowest BCUT2D eigenvalue weighted by Crippen LogP contribution is -2.08. The van der Waals surface area contributed by atoms with Crippen LogP contribution >= 0.6 is 0 Å². The molecule has 0 amide bonds. The van der Waals surface area contributed by atoms with Gasteiger partial charge in [-0.3, -0.25) is 0 Å². The van der Waals surface area contributed by atoms with E-state index in [1.165, 1.54) is 18.2 Å². The van der Waals surface area contributed by atoms with Crippen molar-refractivity contribution in [2.24, 2.45) is 0 Å². The molecule has 0 aliphatic heterocycles. The van der Waals surface area contributed by atoms with Crippen molar-refractivity contribution in [3.05, 3.63) is 58.4 Å². The molecule has 0 heterocycles. The highest BCUT2D eigenvalue weighted by Crippen LogP contribution is 2.42. The zero-order valence-corrected chi connectivity index (χ0v) is 13.6. The summed E-state index contributed by atoms with van der Waals surface area (Å²) in [5.74, 6) is -0.628. The number of benzene rings is 2. The van der Waals surface area contributed by atoms with Gasteiger partial charge in [-0.25, -0.2) is 13.0 Å². The summed E-state index contributed by atoms with van der Waals surface area (Å²) in [5.41, 5.74) is 1.02. The van der Waals surface area contributed by atoms with Gasteiger partial charge in [-0.05, 0) is 29.3 Å². The van der Waals surface area contributed by atoms with Gasteiger partial charge in [0.2, 0.25) is 0 Å². The Morgan fingerprint density at radius 2 is 2.12 bits per heavy atom. The van der Waals surface area contributed by atoms with Gasteiger partial charge in [0.1, 0.15) is 29.6 Å². The van der Waals surface area contributed by atoms with Gasteiger partial charge in [-0.1, -0.05) is 6.07 Å². The van der Waals surface area contributed by atoms with Crippen LogP contribution in [0, 0.1) is 17.1 Å². The van der Waals surface area contributed by atoms with Crippen LogP contribution in [0.3, 0.4) is 0 Å². The fraction of sp³-hybridized carbons (Fsp3) is 0.235. The fourth-order valence-corrected chi connectivity index (χ4v) is 3.45. The first-order valence-electron chi connectivity index (χ1n) is 7.32. The summed E-state index contributed by atoms with van der Waals surface area (Å²) in [4.78, 5) is 0. The Bertz CT molecular complexity index is 897. The van der Waals surface area contributed by atoms with Crippen LogP contribution in [0.5, 0.6) is 11.5 Å². The summed E-state index contributed by atoms with van der Waals surface area (Å²) in [7, 11) is 0. The highest BCUT2D eigenvalue weighted by atomic mass is 32.2. The number of hydrogen-bond acceptors (Lipinski definition) is 4. The maximum absolute atomic E-state index is 14.0. The second-order valence-electron chi connectivity index (χ2n) is 5.64. The maximum atomic E-state index is 14.0. The summed E-state index contributed by atoms with van der Waals surface area (Å²) in [5, 5.41) is 18.9. The molecule has 2 aromatic carbocycles. The third kappa shape index (κ3) is 3.54. The molecule has 0 fully saturated rings. The number of halogens is 2. The molecule has 0 saturated heterocycles. The second kappa shape index (κ2) is 6.88. The molecule has 0 saturated carbocycles. The molecule has 1 unspecified atom stereocenters. The normalized spacial score (nSPS) is 20.0. The molecule has 0 bridgehead atoms. The Morgan fingerprint density at radius 3 is 2.80 bits per heavy atom. The van der Waals surface area contributed by atoms with E-state index in [2.05, 4.69) is 0 Å². The van der Waals surface area contributed by atoms with E-state index in [9.17, 15) is 18.1 Å². The number of fused-ring (bicyclic) bond motifs is 1. The Labute approximate surface area is 144 Å². The van der Waals surface area contributed by atoms with Gasteiger partial charge in [0.05, 0.1) is 17.4 Å². The number of alkyl halides is 1. The zero-order valence-electron chi connectivity index (χ0n) is 12.8. The van der Waals surface area contributed by atoms with Gasteiger partial charge in [0.15, 0.2) is 11.1 Å². The zero-order chi connectivity index (χ0) is 18.1. The Balaban J connectivity index is 2.03. The van der Waals surface area contributed by atoms with Crippen LogP contribution < -0.4 is 4.74 Å². The van der Waals surface area contributed by atoms with Crippen molar-refractivity contribution in [1.29, 1.82) is 5.26 Å². The number of rotatable bonds is 4. The third-order valence-electron chi connectivity index (χ3n) is 3.95. The number of aliphatic hydroxyl groups excluding tert-OH is 1. The second-order valence-corrected chi connectivity index (χ2v) is 6.57. The maximum Gasteiger partial charge on any atom is 0.157 e. The average molecular weight is 365 g/mol. The summed E-state index contributed by atoms with van der Waals surface area (Å²) in [6.07, 6.45) is -3.11. The highest BCUT2D eigenvalue weighted by molar-refractivity contribution is 7.78. The molecule has 2 N–H and O–H groups in total. The molecular formula is C17H13F2NO4S. The van der Waals surface area contributed by atoms with E-state index in [1.807, 2.05) is 6.07 Å². The van der Waals surface area contributed by atoms with Crippen molar-refractivity contribution in [2.45, 2.75) is 24.4 Å². The molecule has 25 heavy (non-hydrogen) atoms. The van der Waals surface area contributed by atoms with Crippen molar-refractivity contribution < 1.29 is 27.4 Å². The van der Waals surface area contributed by atoms with Crippen molar-refractivity contribution in [1.82, 2.24) is 0 Å². The number of ether oxygens (including phenoxy) is 1. The van der Waals surface area contributed by atoms with Gasteiger partial charge in [-0.2, -0.15) is 5.26 Å². The van der Waals surface area contributed by atoms with Crippen LogP contribution in [0.1, 0.15) is 28.4 Å². The SMILES string of the molecule is N#Cc1cc(F)cc(Oc2ccc(CS(=O)O)c3c2C[C@@H](F)[C@H]3O)c1. The van der Waals surface area contributed by atoms with Gasteiger partial charge in [0, 0.05) is 18.1 Å². The fourth-order valence-electron chi connectivity index (χ4n) is 2.93. The number of hydrogen-bond donors (Lipinski definition) is 2. The van der Waals surface area contributed by atoms with Gasteiger partial charge in [0.25, 0.3) is 0 Å².